The van der Waals surface area contributed by atoms with Crippen molar-refractivity contribution < 1.29 is 14.3 Å². The Morgan fingerprint density at radius 3 is 3.05 bits per heavy atom. The van der Waals surface area contributed by atoms with Crippen molar-refractivity contribution in [3.63, 3.8) is 0 Å². The molecule has 1 saturated heterocycles. The predicted octanol–water partition coefficient (Wildman–Crippen LogP) is 1.76. The van der Waals surface area contributed by atoms with Crippen LogP contribution in [0, 0.1) is 0 Å². The van der Waals surface area contributed by atoms with Gasteiger partial charge in [-0.05, 0) is 37.1 Å². The Morgan fingerprint density at radius 1 is 1.43 bits per heavy atom. The summed E-state index contributed by atoms with van der Waals surface area (Å²) in [5, 5.41) is 10.7. The van der Waals surface area contributed by atoms with Crippen LogP contribution < -0.4 is 10.4 Å². The highest BCUT2D eigenvalue weighted by molar-refractivity contribution is 5.81. The summed E-state index contributed by atoms with van der Waals surface area (Å²) < 4.78 is 10.4. The van der Waals surface area contributed by atoms with Crippen molar-refractivity contribution in [2.45, 2.75) is 25.5 Å². The number of hydrogen-bond donors (Lipinski definition) is 1. The standard InChI is InChI=1S/C16H19NO4/c1-20-13-4-5-14-11(7-16(19)21-15(14)8-13)9-17-6-2-3-12(18)10-17/h4-5,7-8,12,18H,2-3,6,9-10H2,1H3. The summed E-state index contributed by atoms with van der Waals surface area (Å²) in [4.78, 5) is 13.9. The van der Waals surface area contributed by atoms with Gasteiger partial charge < -0.3 is 14.3 Å². The van der Waals surface area contributed by atoms with Gasteiger partial charge in [-0.3, -0.25) is 4.90 Å². The third kappa shape index (κ3) is 3.09. The van der Waals surface area contributed by atoms with Crippen molar-refractivity contribution in [3.05, 3.63) is 40.2 Å². The van der Waals surface area contributed by atoms with E-state index in [0.29, 0.717) is 24.4 Å². The second-order valence-corrected chi connectivity index (χ2v) is 5.48. The van der Waals surface area contributed by atoms with Crippen LogP contribution in [0.4, 0.5) is 0 Å². The molecule has 1 N–H and O–H groups in total. The average Bonchev–Trinajstić information content (AvgIpc) is 2.46. The Balaban J connectivity index is 1.95. The molecule has 0 amide bonds. The van der Waals surface area contributed by atoms with E-state index in [0.717, 1.165) is 30.3 Å². The van der Waals surface area contributed by atoms with Crippen LogP contribution in [0.2, 0.25) is 0 Å². The molecule has 0 aliphatic carbocycles. The summed E-state index contributed by atoms with van der Waals surface area (Å²) in [5.74, 6) is 0.663. The number of methoxy groups -OCH3 is 1. The number of aliphatic hydroxyl groups excluding tert-OH is 1. The molecule has 5 nitrogen and oxygen atoms in total. The fourth-order valence-corrected chi connectivity index (χ4v) is 2.88. The first-order chi connectivity index (χ1) is 10.2. The Morgan fingerprint density at radius 2 is 2.29 bits per heavy atom. The third-order valence-corrected chi connectivity index (χ3v) is 3.91. The maximum atomic E-state index is 11.7. The minimum atomic E-state index is -0.358. The number of likely N-dealkylation sites (tertiary alicyclic amines) is 1. The van der Waals surface area contributed by atoms with Crippen LogP contribution in [-0.4, -0.2) is 36.3 Å². The molecule has 0 saturated carbocycles. The number of fused-ring (bicyclic) bond motifs is 1. The van der Waals surface area contributed by atoms with E-state index in [1.807, 2.05) is 12.1 Å². The number of benzene rings is 1. The second kappa shape index (κ2) is 5.87. The number of nitrogens with zero attached hydrogens (tertiary/aromatic N) is 1. The lowest BCUT2D eigenvalue weighted by molar-refractivity contribution is 0.0670. The first kappa shape index (κ1) is 14.1. The topological polar surface area (TPSA) is 62.9 Å². The van der Waals surface area contributed by atoms with Gasteiger partial charge in [0, 0.05) is 30.6 Å². The Kier molecular flexibility index (Phi) is 3.94. The summed E-state index contributed by atoms with van der Waals surface area (Å²) >= 11 is 0. The highest BCUT2D eigenvalue weighted by atomic mass is 16.5. The molecular formula is C16H19NO4. The van der Waals surface area contributed by atoms with Crippen molar-refractivity contribution in [1.82, 2.24) is 4.90 Å². The molecule has 2 heterocycles. The molecule has 1 aromatic heterocycles. The van der Waals surface area contributed by atoms with E-state index in [9.17, 15) is 9.90 Å². The van der Waals surface area contributed by atoms with E-state index in [4.69, 9.17) is 9.15 Å². The molecule has 5 heteroatoms. The van der Waals surface area contributed by atoms with Crippen LogP contribution in [0.15, 0.2) is 33.5 Å². The van der Waals surface area contributed by atoms with Gasteiger partial charge in [-0.25, -0.2) is 4.79 Å². The molecule has 0 spiro atoms. The fraction of sp³-hybridized carbons (Fsp3) is 0.438. The molecular weight excluding hydrogens is 270 g/mol. The Bertz CT molecular complexity index is 694. The molecule has 1 aliphatic rings. The summed E-state index contributed by atoms with van der Waals surface area (Å²) in [7, 11) is 1.58. The number of piperidine rings is 1. The van der Waals surface area contributed by atoms with Gasteiger partial charge in [0.05, 0.1) is 13.2 Å². The first-order valence-electron chi connectivity index (χ1n) is 7.17. The SMILES string of the molecule is COc1ccc2c(CN3CCCC(O)C3)cc(=O)oc2c1. The lowest BCUT2D eigenvalue weighted by Crippen LogP contribution is -2.37. The molecule has 3 rings (SSSR count). The highest BCUT2D eigenvalue weighted by Crippen LogP contribution is 2.24. The van der Waals surface area contributed by atoms with Gasteiger partial charge in [-0.1, -0.05) is 0 Å². The summed E-state index contributed by atoms with van der Waals surface area (Å²) in [6, 6.07) is 7.03. The van der Waals surface area contributed by atoms with Gasteiger partial charge >= 0.3 is 5.63 Å². The molecule has 1 aliphatic heterocycles. The van der Waals surface area contributed by atoms with E-state index >= 15 is 0 Å². The van der Waals surface area contributed by atoms with Crippen LogP contribution in [0.1, 0.15) is 18.4 Å². The number of rotatable bonds is 3. The van der Waals surface area contributed by atoms with Gasteiger partial charge in [-0.2, -0.15) is 0 Å². The molecule has 0 radical (unpaired) electrons. The molecule has 2 aromatic rings. The van der Waals surface area contributed by atoms with Crippen molar-refractivity contribution in [2.75, 3.05) is 20.2 Å². The third-order valence-electron chi connectivity index (χ3n) is 3.91. The molecule has 112 valence electrons. The van der Waals surface area contributed by atoms with Crippen molar-refractivity contribution in [3.8, 4) is 5.75 Å². The van der Waals surface area contributed by atoms with Gasteiger partial charge in [-0.15, -0.1) is 0 Å². The zero-order valence-electron chi connectivity index (χ0n) is 12.0. The van der Waals surface area contributed by atoms with E-state index in [2.05, 4.69) is 4.90 Å². The zero-order chi connectivity index (χ0) is 14.8. The molecule has 1 atom stereocenters. The molecule has 1 unspecified atom stereocenters. The van der Waals surface area contributed by atoms with Crippen molar-refractivity contribution in [1.29, 1.82) is 0 Å². The van der Waals surface area contributed by atoms with Crippen LogP contribution in [0.3, 0.4) is 0 Å². The second-order valence-electron chi connectivity index (χ2n) is 5.48. The van der Waals surface area contributed by atoms with Gasteiger partial charge in [0.15, 0.2) is 0 Å². The zero-order valence-corrected chi connectivity index (χ0v) is 12.0. The maximum Gasteiger partial charge on any atom is 0.336 e. The van der Waals surface area contributed by atoms with E-state index < -0.39 is 0 Å². The smallest absolute Gasteiger partial charge is 0.336 e. The average molecular weight is 289 g/mol. The summed E-state index contributed by atoms with van der Waals surface area (Å²) in [6.45, 7) is 2.23. The van der Waals surface area contributed by atoms with Crippen LogP contribution in [0.25, 0.3) is 11.0 Å². The monoisotopic (exact) mass is 289 g/mol. The molecule has 0 bridgehead atoms. The number of β-amino-alcohol motifs (C(OH)–C–C–N with tert-alkyl or cyclic N) is 1. The minimum absolute atomic E-state index is 0.273. The van der Waals surface area contributed by atoms with Crippen molar-refractivity contribution in [2.24, 2.45) is 0 Å². The van der Waals surface area contributed by atoms with Gasteiger partial charge in [0.2, 0.25) is 0 Å². The van der Waals surface area contributed by atoms with E-state index in [1.54, 1.807) is 13.2 Å². The molecule has 21 heavy (non-hydrogen) atoms. The molecule has 1 aromatic carbocycles. The highest BCUT2D eigenvalue weighted by Gasteiger charge is 2.19. The number of aliphatic hydroxyl groups is 1. The van der Waals surface area contributed by atoms with E-state index in [1.165, 1.54) is 6.07 Å². The lowest BCUT2D eigenvalue weighted by atomic mass is 10.1. The number of ether oxygens (including phenoxy) is 1. The first-order valence-corrected chi connectivity index (χ1v) is 7.17. The fourth-order valence-electron chi connectivity index (χ4n) is 2.88. The molecule has 1 fully saturated rings. The summed E-state index contributed by atoms with van der Waals surface area (Å²) in [5.41, 5.74) is 1.11. The quantitative estimate of drug-likeness (QED) is 0.872. The Labute approximate surface area is 122 Å². The predicted molar refractivity (Wildman–Crippen MR) is 79.6 cm³/mol. The minimum Gasteiger partial charge on any atom is -0.497 e. The van der Waals surface area contributed by atoms with E-state index in [-0.39, 0.29) is 11.7 Å². The summed E-state index contributed by atoms with van der Waals surface area (Å²) in [6.07, 6.45) is 1.56. The van der Waals surface area contributed by atoms with Gasteiger partial charge in [0.1, 0.15) is 11.3 Å². The van der Waals surface area contributed by atoms with Crippen LogP contribution in [-0.2, 0) is 6.54 Å². The largest absolute Gasteiger partial charge is 0.497 e. The number of hydrogen-bond acceptors (Lipinski definition) is 5. The van der Waals surface area contributed by atoms with Crippen LogP contribution >= 0.6 is 0 Å². The van der Waals surface area contributed by atoms with Crippen LogP contribution in [0.5, 0.6) is 5.75 Å². The normalized spacial score (nSPS) is 19.8. The lowest BCUT2D eigenvalue weighted by Gasteiger charge is -2.30. The van der Waals surface area contributed by atoms with Crippen molar-refractivity contribution >= 4 is 11.0 Å². The van der Waals surface area contributed by atoms with Gasteiger partial charge in [0.25, 0.3) is 0 Å². The Hall–Kier alpha value is -1.85. The maximum absolute atomic E-state index is 11.7.